The largest absolute Gasteiger partial charge is 0.411 e. The lowest BCUT2D eigenvalue weighted by Crippen LogP contribution is -2.54. The normalized spacial score (nSPS) is 11.5. The number of nitro groups is 2. The molecule has 0 aliphatic carbocycles. The molecular weight excluding hydrogens is 602 g/mol. The summed E-state index contributed by atoms with van der Waals surface area (Å²) in [4.78, 5) is 20.4. The summed E-state index contributed by atoms with van der Waals surface area (Å²) in [6, 6.07) is 18.4. The molecule has 4 rings (SSSR count). The standard InChI is InChI=1S/C33H20F6N2O4/c34-32(35,36)31(33(37,38)39,27-15-7-23(8-16-27)3-1-5-25-11-19-29(20-12-25)40(42)43)28-17-9-24(10-18-28)4-2-6-26-13-21-30(22-14-26)41(44)45/h7-22H,5-6H2. The van der Waals surface area contributed by atoms with Crippen molar-refractivity contribution in [2.45, 2.75) is 30.6 Å². The average Bonchev–Trinajstić information content (AvgIpc) is 2.98. The monoisotopic (exact) mass is 622 g/mol. The lowest BCUT2D eigenvalue weighted by atomic mass is 9.72. The van der Waals surface area contributed by atoms with Gasteiger partial charge in [-0.05, 0) is 46.5 Å². The maximum absolute atomic E-state index is 14.5. The Morgan fingerprint density at radius 3 is 1.09 bits per heavy atom. The van der Waals surface area contributed by atoms with Gasteiger partial charge in [0.2, 0.25) is 5.41 Å². The van der Waals surface area contributed by atoms with E-state index in [9.17, 15) is 46.6 Å². The molecule has 12 heteroatoms. The van der Waals surface area contributed by atoms with E-state index in [2.05, 4.69) is 23.7 Å². The highest BCUT2D eigenvalue weighted by Crippen LogP contribution is 2.56. The molecule has 0 N–H and O–H groups in total. The third kappa shape index (κ3) is 7.13. The van der Waals surface area contributed by atoms with Crippen LogP contribution in [0.1, 0.15) is 33.4 Å². The van der Waals surface area contributed by atoms with Crippen molar-refractivity contribution in [3.8, 4) is 23.7 Å². The van der Waals surface area contributed by atoms with E-state index in [0.717, 1.165) is 48.5 Å². The van der Waals surface area contributed by atoms with E-state index in [4.69, 9.17) is 0 Å². The van der Waals surface area contributed by atoms with Crippen LogP contribution in [0.5, 0.6) is 0 Å². The first-order chi connectivity index (χ1) is 21.2. The van der Waals surface area contributed by atoms with Gasteiger partial charge in [0.1, 0.15) is 0 Å². The number of hydrogen-bond donors (Lipinski definition) is 0. The van der Waals surface area contributed by atoms with Crippen LogP contribution in [0.4, 0.5) is 37.7 Å². The van der Waals surface area contributed by atoms with Crippen LogP contribution >= 0.6 is 0 Å². The Labute approximate surface area is 252 Å². The van der Waals surface area contributed by atoms with Crippen LogP contribution in [0.25, 0.3) is 0 Å². The highest BCUT2D eigenvalue weighted by atomic mass is 19.4. The van der Waals surface area contributed by atoms with Crippen LogP contribution in [0.3, 0.4) is 0 Å². The minimum Gasteiger partial charge on any atom is -0.258 e. The summed E-state index contributed by atoms with van der Waals surface area (Å²) in [6.45, 7) is 0. The Morgan fingerprint density at radius 2 is 0.822 bits per heavy atom. The lowest BCUT2D eigenvalue weighted by Gasteiger charge is -2.38. The number of halogens is 6. The fraction of sp³-hybridized carbons (Fsp3) is 0.152. The van der Waals surface area contributed by atoms with Crippen LogP contribution < -0.4 is 0 Å². The van der Waals surface area contributed by atoms with Crippen LogP contribution in [0.15, 0.2) is 97.1 Å². The smallest absolute Gasteiger partial charge is 0.258 e. The predicted octanol–water partition coefficient (Wildman–Crippen LogP) is 8.10. The summed E-state index contributed by atoms with van der Waals surface area (Å²) in [5.41, 5.74) is -5.01. The Balaban J connectivity index is 1.59. The molecule has 0 spiro atoms. The van der Waals surface area contributed by atoms with Crippen molar-refractivity contribution in [3.05, 3.63) is 151 Å². The Kier molecular flexibility index (Phi) is 9.29. The number of non-ortho nitro benzene ring substituents is 2. The fourth-order valence-corrected chi connectivity index (χ4v) is 4.56. The summed E-state index contributed by atoms with van der Waals surface area (Å²) in [7, 11) is 0. The van der Waals surface area contributed by atoms with E-state index < -0.39 is 38.7 Å². The number of nitrogens with zero attached hydrogens (tertiary/aromatic N) is 2. The van der Waals surface area contributed by atoms with E-state index in [1.54, 1.807) is 0 Å². The van der Waals surface area contributed by atoms with Gasteiger partial charge in [0.05, 0.1) is 9.85 Å². The molecule has 0 saturated heterocycles. The summed E-state index contributed by atoms with van der Waals surface area (Å²) in [5.74, 6) is 10.9. The van der Waals surface area contributed by atoms with Gasteiger partial charge in [-0.3, -0.25) is 20.2 Å². The second-order valence-electron chi connectivity index (χ2n) is 9.70. The molecule has 0 aromatic heterocycles. The molecule has 0 bridgehead atoms. The van der Waals surface area contributed by atoms with Gasteiger partial charge in [-0.1, -0.05) is 72.2 Å². The van der Waals surface area contributed by atoms with E-state index in [-0.39, 0.29) is 35.3 Å². The number of rotatable bonds is 6. The zero-order chi connectivity index (χ0) is 32.8. The molecule has 228 valence electrons. The van der Waals surface area contributed by atoms with Crippen molar-refractivity contribution in [1.29, 1.82) is 0 Å². The molecule has 4 aromatic carbocycles. The molecule has 6 nitrogen and oxygen atoms in total. The second-order valence-corrected chi connectivity index (χ2v) is 9.70. The molecule has 0 amide bonds. The lowest BCUT2D eigenvalue weighted by molar-refractivity contribution is -0.385. The Hall–Kier alpha value is -5.62. The van der Waals surface area contributed by atoms with Crippen molar-refractivity contribution in [2.75, 3.05) is 0 Å². The van der Waals surface area contributed by atoms with Gasteiger partial charge in [-0.25, -0.2) is 0 Å². The van der Waals surface area contributed by atoms with Crippen molar-refractivity contribution < 1.29 is 36.2 Å². The predicted molar refractivity (Wildman–Crippen MR) is 153 cm³/mol. The van der Waals surface area contributed by atoms with Crippen LogP contribution in [-0.2, 0) is 18.3 Å². The fourth-order valence-electron chi connectivity index (χ4n) is 4.56. The maximum Gasteiger partial charge on any atom is 0.411 e. The second kappa shape index (κ2) is 12.9. The molecule has 0 unspecified atom stereocenters. The Bertz CT molecular complexity index is 1670. The summed E-state index contributed by atoms with van der Waals surface area (Å²) in [5, 5.41) is 21.5. The van der Waals surface area contributed by atoms with Gasteiger partial charge in [-0.15, -0.1) is 0 Å². The van der Waals surface area contributed by atoms with Gasteiger partial charge in [0, 0.05) is 48.2 Å². The van der Waals surface area contributed by atoms with Crippen molar-refractivity contribution in [1.82, 2.24) is 0 Å². The molecule has 0 saturated carbocycles. The zero-order valence-corrected chi connectivity index (χ0v) is 22.9. The van der Waals surface area contributed by atoms with E-state index in [0.29, 0.717) is 11.1 Å². The maximum atomic E-state index is 14.5. The molecule has 0 aliphatic heterocycles. The third-order valence-electron chi connectivity index (χ3n) is 6.83. The van der Waals surface area contributed by atoms with E-state index in [1.165, 1.54) is 48.5 Å². The summed E-state index contributed by atoms with van der Waals surface area (Å²) < 4.78 is 87.1. The third-order valence-corrected chi connectivity index (χ3v) is 6.83. The first-order valence-corrected chi connectivity index (χ1v) is 13.0. The van der Waals surface area contributed by atoms with E-state index >= 15 is 0 Å². The van der Waals surface area contributed by atoms with E-state index in [1.807, 2.05) is 0 Å². The zero-order valence-electron chi connectivity index (χ0n) is 22.9. The number of hydrogen-bond acceptors (Lipinski definition) is 4. The van der Waals surface area contributed by atoms with Gasteiger partial charge >= 0.3 is 12.4 Å². The molecular formula is C33H20F6N2O4. The number of alkyl halides is 6. The van der Waals surface area contributed by atoms with Crippen molar-refractivity contribution >= 4 is 11.4 Å². The molecule has 0 radical (unpaired) electrons. The molecule has 0 aliphatic rings. The van der Waals surface area contributed by atoms with Gasteiger partial charge in [-0.2, -0.15) is 26.3 Å². The van der Waals surface area contributed by atoms with Crippen LogP contribution in [0, 0.1) is 43.9 Å². The molecule has 45 heavy (non-hydrogen) atoms. The highest BCUT2D eigenvalue weighted by molar-refractivity contribution is 5.49. The first-order valence-electron chi connectivity index (χ1n) is 13.0. The van der Waals surface area contributed by atoms with Gasteiger partial charge < -0.3 is 0 Å². The minimum absolute atomic E-state index is 0.109. The highest BCUT2D eigenvalue weighted by Gasteiger charge is 2.72. The summed E-state index contributed by atoms with van der Waals surface area (Å²) in [6.07, 6.45) is -11.2. The molecule has 4 aromatic rings. The molecule has 0 fully saturated rings. The Morgan fingerprint density at radius 1 is 0.511 bits per heavy atom. The van der Waals surface area contributed by atoms with Gasteiger partial charge in [0.15, 0.2) is 0 Å². The topological polar surface area (TPSA) is 86.3 Å². The van der Waals surface area contributed by atoms with Gasteiger partial charge in [0.25, 0.3) is 11.4 Å². The first kappa shape index (κ1) is 32.3. The van der Waals surface area contributed by atoms with Crippen LogP contribution in [0.2, 0.25) is 0 Å². The minimum atomic E-state index is -5.77. The van der Waals surface area contributed by atoms with Crippen molar-refractivity contribution in [2.24, 2.45) is 0 Å². The molecule has 0 heterocycles. The number of nitro benzene ring substituents is 2. The summed E-state index contributed by atoms with van der Waals surface area (Å²) >= 11 is 0. The van der Waals surface area contributed by atoms with Crippen LogP contribution in [-0.4, -0.2) is 22.2 Å². The quantitative estimate of drug-likeness (QED) is 0.0941. The molecule has 0 atom stereocenters. The van der Waals surface area contributed by atoms with Crippen molar-refractivity contribution in [3.63, 3.8) is 0 Å². The number of benzene rings is 4. The average molecular weight is 623 g/mol. The SMILES string of the molecule is O=[N+]([O-])c1ccc(CC#Cc2ccc(C(c3ccc(C#CCc4ccc([N+](=O)[O-])cc4)cc3)(C(F)(F)F)C(F)(F)F)cc2)cc1.